The van der Waals surface area contributed by atoms with Crippen molar-refractivity contribution in [2.24, 2.45) is 13.0 Å². The van der Waals surface area contributed by atoms with Crippen LogP contribution in [-0.4, -0.2) is 38.7 Å². The number of hydrogen-bond acceptors (Lipinski definition) is 3. The van der Waals surface area contributed by atoms with E-state index in [0.717, 1.165) is 19.5 Å². The summed E-state index contributed by atoms with van der Waals surface area (Å²) in [5, 5.41) is 4.27. The fourth-order valence-corrected chi connectivity index (χ4v) is 2.62. The Hall–Kier alpha value is -2.24. The molecule has 1 atom stereocenters. The van der Waals surface area contributed by atoms with Crippen molar-refractivity contribution in [2.75, 3.05) is 13.1 Å². The minimum atomic E-state index is -0.556. The molecule has 0 N–H and O–H groups in total. The maximum Gasteiger partial charge on any atom is 0.272 e. The summed E-state index contributed by atoms with van der Waals surface area (Å²) in [4.78, 5) is 18.1. The van der Waals surface area contributed by atoms with E-state index in [1.54, 1.807) is 25.2 Å². The maximum absolute atomic E-state index is 13.2. The first-order valence-electron chi connectivity index (χ1n) is 7.01. The van der Waals surface area contributed by atoms with Gasteiger partial charge in [-0.2, -0.15) is 9.49 Å². The van der Waals surface area contributed by atoms with Crippen LogP contribution in [0.15, 0.2) is 24.3 Å². The minimum Gasteiger partial charge on any atom is -0.337 e. The van der Waals surface area contributed by atoms with Crippen LogP contribution >= 0.6 is 0 Å². The molecular weight excluding hydrogens is 271 g/mol. The zero-order valence-electron chi connectivity index (χ0n) is 12.1. The van der Waals surface area contributed by atoms with Crippen LogP contribution in [0.25, 0.3) is 11.4 Å². The molecule has 0 spiro atoms. The molecule has 0 saturated carbocycles. The highest BCUT2D eigenvalue weighted by Gasteiger charge is 2.26. The first-order chi connectivity index (χ1) is 10.0. The normalized spacial score (nSPS) is 18.2. The Kier molecular flexibility index (Phi) is 3.45. The number of aryl methyl sites for hydroxylation is 1. The summed E-state index contributed by atoms with van der Waals surface area (Å²) in [6, 6.07) is 6.21. The van der Waals surface area contributed by atoms with E-state index in [1.165, 1.54) is 10.7 Å². The van der Waals surface area contributed by atoms with Gasteiger partial charge in [0.15, 0.2) is 0 Å². The van der Waals surface area contributed by atoms with Crippen molar-refractivity contribution in [1.82, 2.24) is 19.7 Å². The maximum atomic E-state index is 13.2. The van der Waals surface area contributed by atoms with Gasteiger partial charge in [-0.25, -0.2) is 4.98 Å². The number of rotatable bonds is 2. The average molecular weight is 288 g/mol. The summed E-state index contributed by atoms with van der Waals surface area (Å²) in [5.74, 6) is -0.0528. The quantitative estimate of drug-likeness (QED) is 0.795. The van der Waals surface area contributed by atoms with Crippen molar-refractivity contribution in [1.29, 1.82) is 0 Å². The highest BCUT2D eigenvalue weighted by atomic mass is 19.1. The molecule has 1 saturated heterocycles. The van der Waals surface area contributed by atoms with Gasteiger partial charge in [0.25, 0.3) is 5.91 Å². The first-order valence-corrected chi connectivity index (χ1v) is 7.01. The molecule has 21 heavy (non-hydrogen) atoms. The lowest BCUT2D eigenvalue weighted by molar-refractivity contribution is 0.0777. The van der Waals surface area contributed by atoms with Gasteiger partial charge < -0.3 is 4.90 Å². The molecule has 1 unspecified atom stereocenters. The average Bonchev–Trinajstić information content (AvgIpc) is 3.04. The first kappa shape index (κ1) is 13.7. The van der Waals surface area contributed by atoms with E-state index < -0.39 is 5.95 Å². The molecular formula is C15H17FN4O. The second-order valence-electron chi connectivity index (χ2n) is 5.53. The zero-order chi connectivity index (χ0) is 15.0. The molecule has 2 aromatic rings. The van der Waals surface area contributed by atoms with Crippen LogP contribution in [0, 0.1) is 11.9 Å². The fourth-order valence-electron chi connectivity index (χ4n) is 2.62. The van der Waals surface area contributed by atoms with Gasteiger partial charge >= 0.3 is 0 Å². The Labute approximate surface area is 122 Å². The molecule has 2 aromatic heterocycles. The van der Waals surface area contributed by atoms with Gasteiger partial charge in [0, 0.05) is 20.1 Å². The Morgan fingerprint density at radius 1 is 1.38 bits per heavy atom. The molecule has 0 bridgehead atoms. The van der Waals surface area contributed by atoms with Crippen molar-refractivity contribution in [3.63, 3.8) is 0 Å². The summed E-state index contributed by atoms with van der Waals surface area (Å²) in [6.45, 7) is 3.69. The lowest BCUT2D eigenvalue weighted by atomic mass is 10.2. The van der Waals surface area contributed by atoms with E-state index in [0.29, 0.717) is 23.0 Å². The molecule has 0 radical (unpaired) electrons. The molecule has 6 heteroatoms. The van der Waals surface area contributed by atoms with Crippen LogP contribution in [0.1, 0.15) is 23.8 Å². The topological polar surface area (TPSA) is 51.0 Å². The van der Waals surface area contributed by atoms with Gasteiger partial charge in [-0.15, -0.1) is 0 Å². The van der Waals surface area contributed by atoms with Crippen LogP contribution in [0.3, 0.4) is 0 Å². The summed E-state index contributed by atoms with van der Waals surface area (Å²) < 4.78 is 14.7. The molecule has 3 heterocycles. The number of nitrogens with zero attached hydrogens (tertiary/aromatic N) is 4. The van der Waals surface area contributed by atoms with E-state index in [2.05, 4.69) is 17.0 Å². The zero-order valence-corrected chi connectivity index (χ0v) is 12.1. The molecule has 0 aliphatic carbocycles. The highest BCUT2D eigenvalue weighted by molar-refractivity contribution is 5.93. The number of aromatic nitrogens is 3. The molecule has 5 nitrogen and oxygen atoms in total. The molecule has 110 valence electrons. The van der Waals surface area contributed by atoms with E-state index in [1.807, 2.05) is 4.90 Å². The van der Waals surface area contributed by atoms with Gasteiger partial charge in [0.1, 0.15) is 11.4 Å². The number of carbonyl (C=O) groups excluding carboxylic acids is 1. The van der Waals surface area contributed by atoms with Gasteiger partial charge in [0.2, 0.25) is 5.95 Å². The standard InChI is InChI=1S/C15H17FN4O/c1-10-6-7-20(9-10)15(21)13-8-12(18-19(13)2)11-4-3-5-14(16)17-11/h3-5,8,10H,6-7,9H2,1-2H3. The largest absolute Gasteiger partial charge is 0.337 e. The minimum absolute atomic E-state index is 0.0306. The van der Waals surface area contributed by atoms with Crippen LogP contribution in [-0.2, 0) is 7.05 Å². The summed E-state index contributed by atoms with van der Waals surface area (Å²) in [7, 11) is 1.72. The number of hydrogen-bond donors (Lipinski definition) is 0. The molecule has 1 aliphatic heterocycles. The third-order valence-electron chi connectivity index (χ3n) is 3.79. The third-order valence-corrected chi connectivity index (χ3v) is 3.79. The highest BCUT2D eigenvalue weighted by Crippen LogP contribution is 2.21. The van der Waals surface area contributed by atoms with Gasteiger partial charge in [0.05, 0.1) is 5.69 Å². The Bertz CT molecular complexity index is 682. The Morgan fingerprint density at radius 2 is 2.19 bits per heavy atom. The summed E-state index contributed by atoms with van der Waals surface area (Å²) in [5.41, 5.74) is 1.44. The molecule has 0 aromatic carbocycles. The summed E-state index contributed by atoms with van der Waals surface area (Å²) >= 11 is 0. The molecule has 1 aliphatic rings. The van der Waals surface area contributed by atoms with Crippen molar-refractivity contribution < 1.29 is 9.18 Å². The number of halogens is 1. The second-order valence-corrected chi connectivity index (χ2v) is 5.53. The second kappa shape index (κ2) is 5.27. The van der Waals surface area contributed by atoms with E-state index >= 15 is 0 Å². The van der Waals surface area contributed by atoms with Gasteiger partial charge in [-0.1, -0.05) is 13.0 Å². The van der Waals surface area contributed by atoms with Crippen molar-refractivity contribution >= 4 is 5.91 Å². The van der Waals surface area contributed by atoms with Crippen molar-refractivity contribution in [3.8, 4) is 11.4 Å². The SMILES string of the molecule is CC1CCN(C(=O)c2cc(-c3cccc(F)n3)nn2C)C1. The molecule has 1 amide bonds. The number of pyridine rings is 1. The number of likely N-dealkylation sites (tertiary alicyclic amines) is 1. The molecule has 1 fully saturated rings. The fraction of sp³-hybridized carbons (Fsp3) is 0.400. The number of amides is 1. The Morgan fingerprint density at radius 3 is 2.86 bits per heavy atom. The van der Waals surface area contributed by atoms with Crippen LogP contribution in [0.5, 0.6) is 0 Å². The van der Waals surface area contributed by atoms with Crippen LogP contribution in [0.4, 0.5) is 4.39 Å². The van der Waals surface area contributed by atoms with Gasteiger partial charge in [-0.3, -0.25) is 9.48 Å². The van der Waals surface area contributed by atoms with Crippen LogP contribution in [0.2, 0.25) is 0 Å². The van der Waals surface area contributed by atoms with E-state index in [-0.39, 0.29) is 5.91 Å². The van der Waals surface area contributed by atoms with E-state index in [4.69, 9.17) is 0 Å². The number of carbonyl (C=O) groups is 1. The van der Waals surface area contributed by atoms with Crippen molar-refractivity contribution in [3.05, 3.63) is 35.9 Å². The lowest BCUT2D eigenvalue weighted by Gasteiger charge is -2.15. The predicted octanol–water partition coefficient (Wildman–Crippen LogP) is 2.10. The monoisotopic (exact) mass is 288 g/mol. The van der Waals surface area contributed by atoms with Gasteiger partial charge in [-0.05, 0) is 30.5 Å². The summed E-state index contributed by atoms with van der Waals surface area (Å²) in [6.07, 6.45) is 1.03. The smallest absolute Gasteiger partial charge is 0.272 e. The third kappa shape index (κ3) is 2.66. The molecule has 3 rings (SSSR count). The van der Waals surface area contributed by atoms with Crippen LogP contribution < -0.4 is 0 Å². The Balaban J connectivity index is 1.89. The predicted molar refractivity (Wildman–Crippen MR) is 76.1 cm³/mol. The van der Waals surface area contributed by atoms with Crippen molar-refractivity contribution in [2.45, 2.75) is 13.3 Å². The van der Waals surface area contributed by atoms with E-state index in [9.17, 15) is 9.18 Å². The lowest BCUT2D eigenvalue weighted by Crippen LogP contribution is -2.30.